The lowest BCUT2D eigenvalue weighted by Gasteiger charge is -2.09. The maximum atomic E-state index is 12.6. The molecule has 0 radical (unpaired) electrons. The molecular weight excluding hydrogens is 546 g/mol. The van der Waals surface area contributed by atoms with Gasteiger partial charge in [0.1, 0.15) is 5.58 Å². The molecule has 5 rings (SSSR count). The molecule has 0 spiro atoms. The van der Waals surface area contributed by atoms with Gasteiger partial charge in [-0.25, -0.2) is 5.43 Å². The summed E-state index contributed by atoms with van der Waals surface area (Å²) in [5.74, 6) is -0.176. The molecule has 2 aromatic heterocycles. The number of amides is 1. The summed E-state index contributed by atoms with van der Waals surface area (Å²) in [7, 11) is 0. The zero-order valence-electron chi connectivity index (χ0n) is 17.7. The number of hydrazone groups is 1. The number of rotatable bonds is 5. The zero-order chi connectivity index (χ0) is 22.9. The molecule has 0 aliphatic rings. The Morgan fingerprint density at radius 3 is 2.61 bits per heavy atom. The number of hydrogen-bond acceptors (Lipinski definition) is 3. The van der Waals surface area contributed by atoms with Gasteiger partial charge >= 0.3 is 5.91 Å². The van der Waals surface area contributed by atoms with E-state index in [1.165, 1.54) is 5.56 Å². The molecule has 164 valence electrons. The van der Waals surface area contributed by atoms with Gasteiger partial charge in [0.15, 0.2) is 5.76 Å². The van der Waals surface area contributed by atoms with E-state index < -0.39 is 5.91 Å². The van der Waals surface area contributed by atoms with E-state index in [9.17, 15) is 4.79 Å². The van der Waals surface area contributed by atoms with Crippen LogP contribution >= 0.6 is 31.9 Å². The van der Waals surface area contributed by atoms with Crippen molar-refractivity contribution in [2.24, 2.45) is 5.10 Å². The number of halogens is 2. The van der Waals surface area contributed by atoms with Crippen LogP contribution in [0.1, 0.15) is 27.4 Å². The maximum Gasteiger partial charge on any atom is 0.307 e. The second kappa shape index (κ2) is 9.00. The second-order valence-corrected chi connectivity index (χ2v) is 9.55. The lowest BCUT2D eigenvalue weighted by Crippen LogP contribution is -2.16. The van der Waals surface area contributed by atoms with Gasteiger partial charge in [-0.1, -0.05) is 62.2 Å². The van der Waals surface area contributed by atoms with Gasteiger partial charge in [-0.2, -0.15) is 5.10 Å². The fraction of sp³-hybridized carbons (Fsp3) is 0.0769. The molecule has 0 fully saturated rings. The SMILES string of the molecule is Cc1c(/C=N/NC(=O)c2cc3cc(Br)ccc3o2)c2ccccc2n1Cc1ccc(Br)cc1. The Bertz CT molecular complexity index is 1510. The zero-order valence-corrected chi connectivity index (χ0v) is 20.9. The number of carbonyl (C=O) groups is 1. The molecule has 7 heteroatoms. The first-order valence-corrected chi connectivity index (χ1v) is 11.9. The number of hydrogen-bond donors (Lipinski definition) is 1. The predicted molar refractivity (Wildman–Crippen MR) is 139 cm³/mol. The molecule has 2 heterocycles. The van der Waals surface area contributed by atoms with E-state index in [-0.39, 0.29) is 5.76 Å². The highest BCUT2D eigenvalue weighted by atomic mass is 79.9. The van der Waals surface area contributed by atoms with Gasteiger partial charge < -0.3 is 8.98 Å². The standard InChI is InChI=1S/C26H19Br2N3O2/c1-16-22(14-29-30-26(32)25-13-18-12-20(28)10-11-24(18)33-25)21-4-2-3-5-23(21)31(16)15-17-6-8-19(27)9-7-17/h2-14H,15H2,1H3,(H,30,32)/b29-14+. The van der Waals surface area contributed by atoms with Crippen molar-refractivity contribution >= 4 is 65.9 Å². The van der Waals surface area contributed by atoms with Crippen LogP contribution in [0.3, 0.4) is 0 Å². The first-order valence-electron chi connectivity index (χ1n) is 10.3. The highest BCUT2D eigenvalue weighted by Crippen LogP contribution is 2.26. The molecule has 3 aromatic carbocycles. The number of furan rings is 1. The van der Waals surface area contributed by atoms with E-state index in [1.807, 2.05) is 42.5 Å². The van der Waals surface area contributed by atoms with Crippen molar-refractivity contribution in [2.45, 2.75) is 13.5 Å². The minimum absolute atomic E-state index is 0.217. The fourth-order valence-corrected chi connectivity index (χ4v) is 4.58. The van der Waals surface area contributed by atoms with Crippen LogP contribution in [0.5, 0.6) is 0 Å². The van der Waals surface area contributed by atoms with E-state index in [2.05, 4.69) is 78.1 Å². The normalized spacial score (nSPS) is 11.6. The third-order valence-corrected chi connectivity index (χ3v) is 6.62. The molecule has 0 aliphatic carbocycles. The van der Waals surface area contributed by atoms with E-state index in [1.54, 1.807) is 12.3 Å². The van der Waals surface area contributed by atoms with Gasteiger partial charge in [-0.3, -0.25) is 4.79 Å². The van der Waals surface area contributed by atoms with Crippen molar-refractivity contribution in [2.75, 3.05) is 0 Å². The number of carbonyl (C=O) groups excluding carboxylic acids is 1. The third kappa shape index (κ3) is 4.38. The predicted octanol–water partition coefficient (Wildman–Crippen LogP) is 7.03. The summed E-state index contributed by atoms with van der Waals surface area (Å²) in [6.45, 7) is 2.81. The average Bonchev–Trinajstić information content (AvgIpc) is 3.35. The van der Waals surface area contributed by atoms with Gasteiger partial charge in [-0.05, 0) is 55.0 Å². The number of para-hydroxylation sites is 1. The summed E-state index contributed by atoms with van der Waals surface area (Å²) in [6, 6.07) is 23.8. The molecule has 0 atom stereocenters. The Balaban J connectivity index is 1.41. The van der Waals surface area contributed by atoms with Crippen molar-refractivity contribution in [3.05, 3.63) is 104 Å². The summed E-state index contributed by atoms with van der Waals surface area (Å²) in [5, 5.41) is 6.17. The molecular formula is C26H19Br2N3O2. The summed E-state index contributed by atoms with van der Waals surface area (Å²) >= 11 is 6.92. The monoisotopic (exact) mass is 563 g/mol. The van der Waals surface area contributed by atoms with E-state index in [0.717, 1.165) is 43.0 Å². The third-order valence-electron chi connectivity index (χ3n) is 5.60. The van der Waals surface area contributed by atoms with Crippen LogP contribution < -0.4 is 5.43 Å². The van der Waals surface area contributed by atoms with Crippen LogP contribution in [0.4, 0.5) is 0 Å². The molecule has 0 unspecified atom stereocenters. The topological polar surface area (TPSA) is 59.5 Å². The molecule has 0 bridgehead atoms. The van der Waals surface area contributed by atoms with E-state index >= 15 is 0 Å². The molecule has 1 amide bonds. The molecule has 33 heavy (non-hydrogen) atoms. The smallest absolute Gasteiger partial charge is 0.307 e. The second-order valence-electron chi connectivity index (χ2n) is 7.72. The van der Waals surface area contributed by atoms with Gasteiger partial charge in [0.2, 0.25) is 0 Å². The largest absolute Gasteiger partial charge is 0.451 e. The fourth-order valence-electron chi connectivity index (χ4n) is 3.93. The Morgan fingerprint density at radius 2 is 1.79 bits per heavy atom. The molecule has 1 N–H and O–H groups in total. The van der Waals surface area contributed by atoms with Crippen LogP contribution in [0.25, 0.3) is 21.9 Å². The van der Waals surface area contributed by atoms with Crippen LogP contribution in [-0.4, -0.2) is 16.7 Å². The lowest BCUT2D eigenvalue weighted by atomic mass is 10.1. The summed E-state index contributed by atoms with van der Waals surface area (Å²) in [6.07, 6.45) is 1.70. The van der Waals surface area contributed by atoms with Crippen molar-refractivity contribution in [3.8, 4) is 0 Å². The van der Waals surface area contributed by atoms with Crippen molar-refractivity contribution in [3.63, 3.8) is 0 Å². The minimum Gasteiger partial charge on any atom is -0.451 e. The van der Waals surface area contributed by atoms with E-state index in [0.29, 0.717) is 5.58 Å². The van der Waals surface area contributed by atoms with Crippen LogP contribution in [-0.2, 0) is 6.54 Å². The quantitative estimate of drug-likeness (QED) is 0.184. The number of benzene rings is 3. The van der Waals surface area contributed by atoms with Crippen molar-refractivity contribution < 1.29 is 9.21 Å². The number of aromatic nitrogens is 1. The van der Waals surface area contributed by atoms with Crippen molar-refractivity contribution in [1.29, 1.82) is 0 Å². The number of fused-ring (bicyclic) bond motifs is 2. The number of nitrogens with one attached hydrogen (secondary N) is 1. The Labute approximate surface area is 207 Å². The van der Waals surface area contributed by atoms with Crippen LogP contribution in [0, 0.1) is 6.92 Å². The minimum atomic E-state index is -0.394. The first kappa shape index (κ1) is 21.7. The van der Waals surface area contributed by atoms with Crippen LogP contribution in [0.15, 0.2) is 91.3 Å². The van der Waals surface area contributed by atoms with Crippen LogP contribution in [0.2, 0.25) is 0 Å². The van der Waals surface area contributed by atoms with Gasteiger partial charge in [-0.15, -0.1) is 0 Å². The number of nitrogens with zero attached hydrogens (tertiary/aromatic N) is 2. The van der Waals surface area contributed by atoms with E-state index in [4.69, 9.17) is 4.42 Å². The van der Waals surface area contributed by atoms with Crippen molar-refractivity contribution in [1.82, 2.24) is 9.99 Å². The molecule has 5 nitrogen and oxygen atoms in total. The van der Waals surface area contributed by atoms with Gasteiger partial charge in [0, 0.05) is 43.0 Å². The summed E-state index contributed by atoms with van der Waals surface area (Å²) < 4.78 is 9.89. The lowest BCUT2D eigenvalue weighted by molar-refractivity contribution is 0.0929. The summed E-state index contributed by atoms with van der Waals surface area (Å²) in [5.41, 5.74) is 7.61. The average molecular weight is 565 g/mol. The highest BCUT2D eigenvalue weighted by molar-refractivity contribution is 9.10. The molecule has 0 saturated heterocycles. The highest BCUT2D eigenvalue weighted by Gasteiger charge is 2.14. The molecule has 0 saturated carbocycles. The maximum absolute atomic E-state index is 12.6. The Kier molecular flexibility index (Phi) is 5.91. The Morgan fingerprint density at radius 1 is 1.03 bits per heavy atom. The van der Waals surface area contributed by atoms with Gasteiger partial charge in [0.05, 0.1) is 6.21 Å². The summed E-state index contributed by atoms with van der Waals surface area (Å²) in [4.78, 5) is 12.6. The molecule has 5 aromatic rings. The Hall–Kier alpha value is -3.16. The first-order chi connectivity index (χ1) is 16.0. The molecule has 0 aliphatic heterocycles. The van der Waals surface area contributed by atoms with Gasteiger partial charge in [0.25, 0.3) is 0 Å².